The van der Waals surface area contributed by atoms with E-state index in [1.807, 2.05) is 60.4 Å². The zero-order valence-corrected chi connectivity index (χ0v) is 20.3. The number of nitrogens with zero attached hydrogens (tertiary/aromatic N) is 2. The van der Waals surface area contributed by atoms with Crippen molar-refractivity contribution in [2.45, 2.75) is 20.0 Å². The van der Waals surface area contributed by atoms with Gasteiger partial charge in [-0.05, 0) is 24.6 Å². The van der Waals surface area contributed by atoms with E-state index in [9.17, 15) is 4.79 Å². The predicted octanol–water partition coefficient (Wildman–Crippen LogP) is 3.04. The third kappa shape index (κ3) is 7.74. The van der Waals surface area contributed by atoms with E-state index in [4.69, 9.17) is 9.47 Å². The number of guanidine groups is 1. The molecular weight excluding hydrogens is 495 g/mol. The van der Waals surface area contributed by atoms with Crippen molar-refractivity contribution in [1.82, 2.24) is 15.5 Å². The monoisotopic (exact) mass is 526 g/mol. The van der Waals surface area contributed by atoms with Gasteiger partial charge in [-0.1, -0.05) is 30.3 Å². The zero-order valence-electron chi connectivity index (χ0n) is 18.0. The second kappa shape index (κ2) is 13.7. The minimum Gasteiger partial charge on any atom is -0.497 e. The van der Waals surface area contributed by atoms with Gasteiger partial charge in [0.05, 0.1) is 20.8 Å². The van der Waals surface area contributed by atoms with E-state index in [0.717, 1.165) is 22.6 Å². The van der Waals surface area contributed by atoms with E-state index >= 15 is 0 Å². The highest BCUT2D eigenvalue weighted by Gasteiger charge is 2.13. The van der Waals surface area contributed by atoms with Crippen molar-refractivity contribution in [1.29, 1.82) is 0 Å². The Kier molecular flexibility index (Phi) is 11.7. The molecule has 0 aliphatic rings. The number of halogens is 1. The lowest BCUT2D eigenvalue weighted by Gasteiger charge is -2.22. The maximum atomic E-state index is 12.6. The van der Waals surface area contributed by atoms with Crippen LogP contribution in [0.1, 0.15) is 18.1 Å². The van der Waals surface area contributed by atoms with Gasteiger partial charge < -0.3 is 25.0 Å². The second-order valence-corrected chi connectivity index (χ2v) is 6.35. The summed E-state index contributed by atoms with van der Waals surface area (Å²) in [6.45, 7) is 3.88. The molecule has 2 rings (SSSR count). The Morgan fingerprint density at radius 2 is 1.80 bits per heavy atom. The van der Waals surface area contributed by atoms with Crippen LogP contribution in [-0.4, -0.2) is 51.1 Å². The molecule has 0 radical (unpaired) electrons. The Balaban J connectivity index is 0.00000450. The summed E-state index contributed by atoms with van der Waals surface area (Å²) in [6, 6.07) is 15.6. The van der Waals surface area contributed by atoms with Crippen LogP contribution in [0, 0.1) is 0 Å². The zero-order chi connectivity index (χ0) is 21.1. The molecule has 0 aliphatic carbocycles. The Hall–Kier alpha value is -2.49. The van der Waals surface area contributed by atoms with Gasteiger partial charge in [0.1, 0.15) is 11.5 Å². The summed E-state index contributed by atoms with van der Waals surface area (Å²) in [5, 5.41) is 6.29. The number of likely N-dealkylation sites (N-methyl/N-ethyl adjacent to an activating group) is 1. The number of aliphatic imine (C=N–C) groups is 1. The van der Waals surface area contributed by atoms with Crippen molar-refractivity contribution in [2.75, 3.05) is 34.4 Å². The van der Waals surface area contributed by atoms with Gasteiger partial charge in [-0.3, -0.25) is 9.79 Å². The molecule has 8 heteroatoms. The lowest BCUT2D eigenvalue weighted by Crippen LogP contribution is -2.44. The van der Waals surface area contributed by atoms with Crippen LogP contribution in [0.15, 0.2) is 53.5 Å². The topological polar surface area (TPSA) is 75.2 Å². The molecule has 0 aromatic heterocycles. The van der Waals surface area contributed by atoms with Crippen molar-refractivity contribution in [2.24, 2.45) is 4.99 Å². The first-order valence-corrected chi connectivity index (χ1v) is 9.58. The molecule has 1 amide bonds. The Bertz CT molecular complexity index is 815. The van der Waals surface area contributed by atoms with Crippen molar-refractivity contribution in [3.05, 3.63) is 59.7 Å². The molecule has 0 atom stereocenters. The SMILES string of the molecule is CCN(Cc1ccccc1)C(=O)CNC(=NC)NCc1ccc(OC)cc1OC.I. The first kappa shape index (κ1) is 25.5. The highest BCUT2D eigenvalue weighted by atomic mass is 127. The maximum Gasteiger partial charge on any atom is 0.242 e. The summed E-state index contributed by atoms with van der Waals surface area (Å²) in [5.41, 5.74) is 2.07. The Morgan fingerprint density at radius 3 is 2.40 bits per heavy atom. The van der Waals surface area contributed by atoms with Crippen LogP contribution in [0.3, 0.4) is 0 Å². The fourth-order valence-corrected chi connectivity index (χ4v) is 2.85. The number of nitrogens with one attached hydrogen (secondary N) is 2. The molecule has 30 heavy (non-hydrogen) atoms. The summed E-state index contributed by atoms with van der Waals surface area (Å²) in [4.78, 5) is 18.6. The average molecular weight is 526 g/mol. The number of carbonyl (C=O) groups is 1. The van der Waals surface area contributed by atoms with Gasteiger partial charge in [0.15, 0.2) is 5.96 Å². The molecule has 164 valence electrons. The van der Waals surface area contributed by atoms with Crippen LogP contribution >= 0.6 is 24.0 Å². The van der Waals surface area contributed by atoms with Crippen molar-refractivity contribution in [3.63, 3.8) is 0 Å². The third-order valence-corrected chi connectivity index (χ3v) is 4.52. The van der Waals surface area contributed by atoms with Gasteiger partial charge in [0.2, 0.25) is 5.91 Å². The van der Waals surface area contributed by atoms with Gasteiger partial charge in [-0.25, -0.2) is 0 Å². The minimum atomic E-state index is 0. The molecule has 0 bridgehead atoms. The molecule has 0 saturated heterocycles. The number of benzene rings is 2. The first-order valence-electron chi connectivity index (χ1n) is 9.58. The smallest absolute Gasteiger partial charge is 0.242 e. The van der Waals surface area contributed by atoms with Crippen molar-refractivity contribution >= 4 is 35.8 Å². The second-order valence-electron chi connectivity index (χ2n) is 6.35. The number of ether oxygens (including phenoxy) is 2. The predicted molar refractivity (Wildman–Crippen MR) is 131 cm³/mol. The number of hydrogen-bond acceptors (Lipinski definition) is 4. The summed E-state index contributed by atoms with van der Waals surface area (Å²) in [6.07, 6.45) is 0. The van der Waals surface area contributed by atoms with Gasteiger partial charge in [-0.15, -0.1) is 24.0 Å². The fraction of sp³-hybridized carbons (Fsp3) is 0.364. The standard InChI is InChI=1S/C22H30N4O3.HI/c1-5-26(16-17-9-7-6-8-10-17)21(27)15-25-22(23-2)24-14-18-11-12-19(28-3)13-20(18)29-4;/h6-13H,5,14-16H2,1-4H3,(H2,23,24,25);1H. The molecule has 0 spiro atoms. The van der Waals surface area contributed by atoms with Gasteiger partial charge >= 0.3 is 0 Å². The summed E-state index contributed by atoms with van der Waals surface area (Å²) in [5.74, 6) is 2.02. The molecular formula is C22H31IN4O3. The van der Waals surface area contributed by atoms with E-state index < -0.39 is 0 Å². The summed E-state index contributed by atoms with van der Waals surface area (Å²) >= 11 is 0. The Labute approximate surface area is 195 Å². The summed E-state index contributed by atoms with van der Waals surface area (Å²) < 4.78 is 10.6. The van der Waals surface area contributed by atoms with Gasteiger partial charge in [0, 0.05) is 38.3 Å². The largest absolute Gasteiger partial charge is 0.497 e. The number of carbonyl (C=O) groups excluding carboxylic acids is 1. The van der Waals surface area contributed by atoms with Gasteiger partial charge in [-0.2, -0.15) is 0 Å². The van der Waals surface area contributed by atoms with Crippen LogP contribution in [0.2, 0.25) is 0 Å². The van der Waals surface area contributed by atoms with Crippen molar-refractivity contribution in [3.8, 4) is 11.5 Å². The van der Waals surface area contributed by atoms with E-state index in [0.29, 0.717) is 25.6 Å². The average Bonchev–Trinajstić information content (AvgIpc) is 2.77. The van der Waals surface area contributed by atoms with Crippen LogP contribution < -0.4 is 20.1 Å². The number of hydrogen-bond donors (Lipinski definition) is 2. The van der Waals surface area contributed by atoms with Crippen LogP contribution in [0.25, 0.3) is 0 Å². The normalized spacial score (nSPS) is 10.6. The van der Waals surface area contributed by atoms with Crippen LogP contribution in [-0.2, 0) is 17.9 Å². The number of amides is 1. The fourth-order valence-electron chi connectivity index (χ4n) is 2.85. The molecule has 2 N–H and O–H groups in total. The van der Waals surface area contributed by atoms with E-state index in [1.165, 1.54) is 0 Å². The van der Waals surface area contributed by atoms with Crippen LogP contribution in [0.4, 0.5) is 0 Å². The maximum absolute atomic E-state index is 12.6. The number of rotatable bonds is 9. The third-order valence-electron chi connectivity index (χ3n) is 4.52. The molecule has 2 aromatic rings. The van der Waals surface area contributed by atoms with E-state index in [1.54, 1.807) is 21.3 Å². The summed E-state index contributed by atoms with van der Waals surface area (Å²) in [7, 11) is 4.91. The molecule has 2 aromatic carbocycles. The highest BCUT2D eigenvalue weighted by Crippen LogP contribution is 2.24. The molecule has 0 aliphatic heterocycles. The highest BCUT2D eigenvalue weighted by molar-refractivity contribution is 14.0. The van der Waals surface area contributed by atoms with Gasteiger partial charge in [0.25, 0.3) is 0 Å². The van der Waals surface area contributed by atoms with E-state index in [2.05, 4.69) is 15.6 Å². The Morgan fingerprint density at radius 1 is 1.07 bits per heavy atom. The molecule has 0 unspecified atom stereocenters. The quantitative estimate of drug-likeness (QED) is 0.299. The lowest BCUT2D eigenvalue weighted by atomic mass is 10.2. The first-order chi connectivity index (χ1) is 14.1. The van der Waals surface area contributed by atoms with Crippen LogP contribution in [0.5, 0.6) is 11.5 Å². The molecule has 0 heterocycles. The number of methoxy groups -OCH3 is 2. The minimum absolute atomic E-state index is 0. The lowest BCUT2D eigenvalue weighted by molar-refractivity contribution is -0.130. The van der Waals surface area contributed by atoms with E-state index in [-0.39, 0.29) is 36.4 Å². The molecule has 7 nitrogen and oxygen atoms in total. The molecule has 0 saturated carbocycles. The molecule has 0 fully saturated rings. The van der Waals surface area contributed by atoms with Crippen molar-refractivity contribution < 1.29 is 14.3 Å².